The van der Waals surface area contributed by atoms with Gasteiger partial charge in [-0.15, -0.1) is 0 Å². The number of nitrogens with one attached hydrogen (secondary N) is 3. The number of benzene rings is 2. The second kappa shape index (κ2) is 6.54. The van der Waals surface area contributed by atoms with E-state index in [1.165, 1.54) is 0 Å². The predicted molar refractivity (Wildman–Crippen MR) is 90.2 cm³/mol. The van der Waals surface area contributed by atoms with E-state index in [0.717, 1.165) is 16.5 Å². The number of halogens is 1. The van der Waals surface area contributed by atoms with Crippen LogP contribution >= 0.6 is 11.6 Å². The summed E-state index contributed by atoms with van der Waals surface area (Å²) in [5.41, 5.74) is 2.31. The first-order valence-corrected chi connectivity index (χ1v) is 7.41. The molecule has 3 rings (SSSR count). The number of H-pyrrole nitrogens is 1. The quantitative estimate of drug-likeness (QED) is 0.647. The molecule has 3 aromatic rings. The Labute approximate surface area is 137 Å². The lowest BCUT2D eigenvalue weighted by atomic mass is 10.2. The van der Waals surface area contributed by atoms with Crippen molar-refractivity contribution in [3.05, 3.63) is 65.3 Å². The summed E-state index contributed by atoms with van der Waals surface area (Å²) in [5, 5.41) is 6.63. The van der Waals surface area contributed by atoms with E-state index < -0.39 is 11.8 Å². The van der Waals surface area contributed by atoms with Gasteiger partial charge in [0.25, 0.3) is 0 Å². The molecule has 0 fully saturated rings. The molecule has 0 aliphatic heterocycles. The fourth-order valence-electron chi connectivity index (χ4n) is 2.28. The first kappa shape index (κ1) is 15.1. The lowest BCUT2D eigenvalue weighted by molar-refractivity contribution is -0.136. The summed E-state index contributed by atoms with van der Waals surface area (Å²) in [6.07, 6.45) is 1.78. The molecule has 0 aliphatic rings. The van der Waals surface area contributed by atoms with Crippen LogP contribution in [0.5, 0.6) is 0 Å². The summed E-state index contributed by atoms with van der Waals surface area (Å²) < 4.78 is 0. The van der Waals surface area contributed by atoms with Crippen molar-refractivity contribution in [2.75, 3.05) is 5.32 Å². The molecule has 2 amide bonds. The maximum absolute atomic E-state index is 12.0. The zero-order valence-electron chi connectivity index (χ0n) is 12.1. The highest BCUT2D eigenvalue weighted by atomic mass is 35.5. The largest absolute Gasteiger partial charge is 0.361 e. The van der Waals surface area contributed by atoms with Crippen molar-refractivity contribution in [1.29, 1.82) is 0 Å². The van der Waals surface area contributed by atoms with Gasteiger partial charge >= 0.3 is 11.8 Å². The van der Waals surface area contributed by atoms with E-state index in [2.05, 4.69) is 15.6 Å². The van der Waals surface area contributed by atoms with Gasteiger partial charge in [0.15, 0.2) is 0 Å². The molecule has 1 heterocycles. The number of amides is 2. The average molecular weight is 328 g/mol. The second-order valence-electron chi connectivity index (χ2n) is 5.01. The number of anilines is 1. The Morgan fingerprint density at radius 1 is 1.04 bits per heavy atom. The number of rotatable bonds is 3. The molecule has 0 spiro atoms. The number of aromatic nitrogens is 1. The van der Waals surface area contributed by atoms with Crippen LogP contribution in [0, 0.1) is 0 Å². The second-order valence-corrected chi connectivity index (χ2v) is 5.45. The van der Waals surface area contributed by atoms with Crippen LogP contribution in [0.4, 0.5) is 5.69 Å². The van der Waals surface area contributed by atoms with Gasteiger partial charge in [0.1, 0.15) is 0 Å². The lowest BCUT2D eigenvalue weighted by Crippen LogP contribution is -2.34. The van der Waals surface area contributed by atoms with E-state index >= 15 is 0 Å². The molecule has 0 radical (unpaired) electrons. The predicted octanol–water partition coefficient (Wildman–Crippen LogP) is 3.08. The van der Waals surface area contributed by atoms with E-state index in [4.69, 9.17) is 11.6 Å². The van der Waals surface area contributed by atoms with Gasteiger partial charge in [0.05, 0.1) is 5.69 Å². The molecule has 0 bridgehead atoms. The SMILES string of the molecule is O=C(NCc1cccc(Cl)c1)C(=O)Nc1cccc2[nH]ccc12. The van der Waals surface area contributed by atoms with Crippen molar-refractivity contribution < 1.29 is 9.59 Å². The standard InChI is InChI=1S/C17H14ClN3O2/c18-12-4-1-3-11(9-12)10-20-16(22)17(23)21-15-6-2-5-14-13(15)7-8-19-14/h1-9,19H,10H2,(H,20,22)(H,21,23). The van der Waals surface area contributed by atoms with E-state index in [9.17, 15) is 9.59 Å². The van der Waals surface area contributed by atoms with E-state index in [1.54, 1.807) is 36.5 Å². The van der Waals surface area contributed by atoms with E-state index in [1.807, 2.05) is 18.2 Å². The molecule has 0 saturated heterocycles. The Morgan fingerprint density at radius 2 is 1.87 bits per heavy atom. The fourth-order valence-corrected chi connectivity index (χ4v) is 2.50. The number of fused-ring (bicyclic) bond motifs is 1. The third-order valence-corrected chi connectivity index (χ3v) is 3.63. The summed E-state index contributed by atoms with van der Waals surface area (Å²) in [7, 11) is 0. The van der Waals surface area contributed by atoms with Gasteiger partial charge in [-0.25, -0.2) is 0 Å². The van der Waals surface area contributed by atoms with Gasteiger partial charge in [-0.1, -0.05) is 29.8 Å². The molecule has 0 unspecified atom stereocenters. The van der Waals surface area contributed by atoms with Crippen molar-refractivity contribution in [1.82, 2.24) is 10.3 Å². The Morgan fingerprint density at radius 3 is 2.70 bits per heavy atom. The van der Waals surface area contributed by atoms with Gasteiger partial charge in [-0.3, -0.25) is 9.59 Å². The normalized spacial score (nSPS) is 10.5. The summed E-state index contributed by atoms with van der Waals surface area (Å²) in [6.45, 7) is 0.237. The molecule has 1 aromatic heterocycles. The first-order chi connectivity index (χ1) is 11.1. The molecule has 0 saturated carbocycles. The third kappa shape index (κ3) is 3.52. The first-order valence-electron chi connectivity index (χ1n) is 7.03. The van der Waals surface area contributed by atoms with Crippen LogP contribution in [0.2, 0.25) is 5.02 Å². The highest BCUT2D eigenvalue weighted by molar-refractivity contribution is 6.40. The Hall–Kier alpha value is -2.79. The van der Waals surface area contributed by atoms with Crippen molar-refractivity contribution in [2.45, 2.75) is 6.54 Å². The van der Waals surface area contributed by atoms with Crippen LogP contribution in [0.3, 0.4) is 0 Å². The molecular formula is C17H14ClN3O2. The smallest absolute Gasteiger partial charge is 0.313 e. The Kier molecular flexibility index (Phi) is 4.30. The van der Waals surface area contributed by atoms with Gasteiger partial charge in [-0.05, 0) is 35.9 Å². The van der Waals surface area contributed by atoms with Crippen molar-refractivity contribution >= 4 is 40.0 Å². The van der Waals surface area contributed by atoms with Crippen LogP contribution < -0.4 is 10.6 Å². The van der Waals surface area contributed by atoms with Gasteiger partial charge in [0, 0.05) is 28.7 Å². The zero-order chi connectivity index (χ0) is 16.2. The topological polar surface area (TPSA) is 74.0 Å². The Bertz CT molecular complexity index is 873. The molecule has 0 atom stereocenters. The van der Waals surface area contributed by atoms with Crippen LogP contribution in [-0.4, -0.2) is 16.8 Å². The highest BCUT2D eigenvalue weighted by Crippen LogP contribution is 2.21. The number of hydrogen-bond acceptors (Lipinski definition) is 2. The fraction of sp³-hybridized carbons (Fsp3) is 0.0588. The zero-order valence-corrected chi connectivity index (χ0v) is 12.9. The Balaban J connectivity index is 1.64. The lowest BCUT2D eigenvalue weighted by Gasteiger charge is -2.08. The van der Waals surface area contributed by atoms with Crippen molar-refractivity contribution in [3.8, 4) is 0 Å². The van der Waals surface area contributed by atoms with E-state index in [-0.39, 0.29) is 6.54 Å². The molecule has 3 N–H and O–H groups in total. The highest BCUT2D eigenvalue weighted by Gasteiger charge is 2.14. The average Bonchev–Trinajstić information content (AvgIpc) is 3.02. The number of aromatic amines is 1. The minimum Gasteiger partial charge on any atom is -0.361 e. The number of carbonyl (C=O) groups is 2. The van der Waals surface area contributed by atoms with E-state index in [0.29, 0.717) is 10.7 Å². The summed E-state index contributed by atoms with van der Waals surface area (Å²) in [6, 6.07) is 14.4. The minimum absolute atomic E-state index is 0.237. The molecular weight excluding hydrogens is 314 g/mol. The third-order valence-electron chi connectivity index (χ3n) is 3.39. The molecule has 5 nitrogen and oxygen atoms in total. The maximum atomic E-state index is 12.0. The maximum Gasteiger partial charge on any atom is 0.313 e. The van der Waals surface area contributed by atoms with Crippen LogP contribution in [0.15, 0.2) is 54.7 Å². The molecule has 0 aliphatic carbocycles. The summed E-state index contributed by atoms with van der Waals surface area (Å²) in [5.74, 6) is -1.40. The van der Waals surface area contributed by atoms with Crippen LogP contribution in [0.25, 0.3) is 10.9 Å². The molecule has 6 heteroatoms. The number of hydrogen-bond donors (Lipinski definition) is 3. The minimum atomic E-state index is -0.708. The van der Waals surface area contributed by atoms with Gasteiger partial charge < -0.3 is 15.6 Å². The van der Waals surface area contributed by atoms with Gasteiger partial charge in [-0.2, -0.15) is 0 Å². The van der Waals surface area contributed by atoms with Crippen LogP contribution in [-0.2, 0) is 16.1 Å². The number of carbonyl (C=O) groups excluding carboxylic acids is 2. The van der Waals surface area contributed by atoms with Crippen molar-refractivity contribution in [2.24, 2.45) is 0 Å². The molecule has 23 heavy (non-hydrogen) atoms. The van der Waals surface area contributed by atoms with Crippen molar-refractivity contribution in [3.63, 3.8) is 0 Å². The monoisotopic (exact) mass is 327 g/mol. The summed E-state index contributed by atoms with van der Waals surface area (Å²) in [4.78, 5) is 27.0. The van der Waals surface area contributed by atoms with Gasteiger partial charge in [0.2, 0.25) is 0 Å². The van der Waals surface area contributed by atoms with Crippen LogP contribution in [0.1, 0.15) is 5.56 Å². The molecule has 116 valence electrons. The summed E-state index contributed by atoms with van der Waals surface area (Å²) >= 11 is 5.88. The molecule has 2 aromatic carbocycles.